The zero-order chi connectivity index (χ0) is 11.1. The molecule has 1 aliphatic heterocycles. The van der Waals surface area contributed by atoms with Gasteiger partial charge in [-0.15, -0.1) is 0 Å². The van der Waals surface area contributed by atoms with E-state index in [-0.39, 0.29) is 0 Å². The van der Waals surface area contributed by atoms with E-state index < -0.39 is 5.41 Å². The predicted molar refractivity (Wildman–Crippen MR) is 61.5 cm³/mol. The van der Waals surface area contributed by atoms with E-state index in [1.54, 1.807) is 0 Å². The topological polar surface area (TPSA) is 33.0 Å². The van der Waals surface area contributed by atoms with Crippen LogP contribution in [0.5, 0.6) is 0 Å². The highest BCUT2D eigenvalue weighted by molar-refractivity contribution is 9.10. The van der Waals surface area contributed by atoms with Crippen LogP contribution in [0.4, 0.5) is 0 Å². The number of hydrogen-bond acceptors (Lipinski definition) is 2. The smallest absolute Gasteiger partial charge is 0.103 e. The number of benzene rings is 1. The van der Waals surface area contributed by atoms with Gasteiger partial charge in [0.1, 0.15) is 5.41 Å². The molecule has 0 radical (unpaired) electrons. The fourth-order valence-electron chi connectivity index (χ4n) is 1.98. The molecule has 0 spiro atoms. The summed E-state index contributed by atoms with van der Waals surface area (Å²) in [6.07, 6.45) is 0. The maximum absolute atomic E-state index is 9.23. The fourth-order valence-corrected chi connectivity index (χ4v) is 2.56. The van der Waals surface area contributed by atoms with E-state index in [1.165, 1.54) is 5.56 Å². The number of ether oxygens (including phenoxy) is 1. The summed E-state index contributed by atoms with van der Waals surface area (Å²) < 4.78 is 6.52. The van der Waals surface area contributed by atoms with Gasteiger partial charge in [-0.1, -0.05) is 15.9 Å². The molecule has 1 unspecified atom stereocenters. The normalized spacial score (nSPS) is 24.4. The lowest BCUT2D eigenvalue weighted by Gasteiger charge is -2.31. The molecular formula is C12H12BrNO. The van der Waals surface area contributed by atoms with E-state index in [4.69, 9.17) is 4.74 Å². The summed E-state index contributed by atoms with van der Waals surface area (Å²) in [4.78, 5) is 0. The van der Waals surface area contributed by atoms with E-state index in [9.17, 15) is 5.26 Å². The van der Waals surface area contributed by atoms with Gasteiger partial charge in [-0.3, -0.25) is 0 Å². The van der Waals surface area contributed by atoms with Crippen molar-refractivity contribution in [3.63, 3.8) is 0 Å². The van der Waals surface area contributed by atoms with Gasteiger partial charge < -0.3 is 4.74 Å². The molecule has 0 N–H and O–H groups in total. The maximum atomic E-state index is 9.23. The summed E-state index contributed by atoms with van der Waals surface area (Å²) in [5, 5.41) is 9.23. The number of aryl methyl sites for hydroxylation is 1. The molecule has 1 aromatic rings. The molecule has 15 heavy (non-hydrogen) atoms. The Morgan fingerprint density at radius 2 is 2.27 bits per heavy atom. The van der Waals surface area contributed by atoms with E-state index >= 15 is 0 Å². The molecule has 1 heterocycles. The highest BCUT2D eigenvalue weighted by atomic mass is 79.9. The first kappa shape index (κ1) is 10.7. The van der Waals surface area contributed by atoms with E-state index in [1.807, 2.05) is 13.0 Å². The predicted octanol–water partition coefficient (Wildman–Crippen LogP) is 3.07. The molecule has 2 nitrogen and oxygen atoms in total. The summed E-state index contributed by atoms with van der Waals surface area (Å²) in [5.41, 5.74) is 2.93. The number of nitriles is 1. The average molecular weight is 266 g/mol. The van der Waals surface area contributed by atoms with Gasteiger partial charge in [-0.2, -0.15) is 5.26 Å². The number of halogens is 1. The standard InChI is InChI=1S/C12H12BrNO/c1-8-3-9(13)4-11-10(8)5-15-7-12(11,2)6-14/h3-4H,5,7H2,1-2H3. The Hall–Kier alpha value is -0.850. The summed E-state index contributed by atoms with van der Waals surface area (Å²) in [6, 6.07) is 6.44. The lowest BCUT2D eigenvalue weighted by Crippen LogP contribution is -2.32. The largest absolute Gasteiger partial charge is 0.375 e. The van der Waals surface area contributed by atoms with Crippen molar-refractivity contribution in [2.24, 2.45) is 0 Å². The minimum atomic E-state index is -0.512. The van der Waals surface area contributed by atoms with E-state index in [0.29, 0.717) is 13.2 Å². The summed E-state index contributed by atoms with van der Waals surface area (Å²) in [6.45, 7) is 5.07. The molecule has 0 aliphatic carbocycles. The lowest BCUT2D eigenvalue weighted by atomic mass is 9.79. The lowest BCUT2D eigenvalue weighted by molar-refractivity contribution is 0.0754. The van der Waals surface area contributed by atoms with Crippen molar-refractivity contribution >= 4 is 15.9 Å². The second-order valence-corrected chi connectivity index (χ2v) is 5.10. The van der Waals surface area contributed by atoms with Crippen LogP contribution < -0.4 is 0 Å². The highest BCUT2D eigenvalue weighted by Gasteiger charge is 2.33. The Bertz CT molecular complexity index is 450. The van der Waals surface area contributed by atoms with Gasteiger partial charge in [0.05, 0.1) is 19.3 Å². The van der Waals surface area contributed by atoms with Crippen LogP contribution in [-0.2, 0) is 16.8 Å². The van der Waals surface area contributed by atoms with Crippen LogP contribution in [0.25, 0.3) is 0 Å². The van der Waals surface area contributed by atoms with Crippen LogP contribution in [0.2, 0.25) is 0 Å². The molecule has 2 rings (SSSR count). The molecule has 0 aromatic heterocycles. The van der Waals surface area contributed by atoms with Gasteiger partial charge in [-0.25, -0.2) is 0 Å². The molecule has 0 saturated heterocycles. The van der Waals surface area contributed by atoms with Crippen molar-refractivity contribution in [3.8, 4) is 6.07 Å². The van der Waals surface area contributed by atoms with Crippen LogP contribution >= 0.6 is 15.9 Å². The van der Waals surface area contributed by atoms with Crippen molar-refractivity contribution in [2.75, 3.05) is 6.61 Å². The third-order valence-corrected chi connectivity index (χ3v) is 3.37. The van der Waals surface area contributed by atoms with Gasteiger partial charge in [0, 0.05) is 4.47 Å². The highest BCUT2D eigenvalue weighted by Crippen LogP contribution is 2.35. The molecule has 3 heteroatoms. The van der Waals surface area contributed by atoms with Crippen LogP contribution in [0.1, 0.15) is 23.6 Å². The first-order valence-corrected chi connectivity index (χ1v) is 5.64. The van der Waals surface area contributed by atoms with Gasteiger partial charge in [0.2, 0.25) is 0 Å². The van der Waals surface area contributed by atoms with Crippen molar-refractivity contribution < 1.29 is 4.74 Å². The maximum Gasteiger partial charge on any atom is 0.103 e. The second kappa shape index (κ2) is 3.62. The zero-order valence-corrected chi connectivity index (χ0v) is 10.4. The van der Waals surface area contributed by atoms with Crippen LogP contribution in [0.15, 0.2) is 16.6 Å². The molecule has 78 valence electrons. The van der Waals surface area contributed by atoms with E-state index in [0.717, 1.165) is 15.6 Å². The first-order chi connectivity index (χ1) is 7.07. The molecule has 1 aromatic carbocycles. The van der Waals surface area contributed by atoms with Crippen molar-refractivity contribution in [1.29, 1.82) is 5.26 Å². The van der Waals surface area contributed by atoms with Crippen LogP contribution in [-0.4, -0.2) is 6.61 Å². The van der Waals surface area contributed by atoms with Gasteiger partial charge in [0.15, 0.2) is 0 Å². The quantitative estimate of drug-likeness (QED) is 0.723. The van der Waals surface area contributed by atoms with Crippen molar-refractivity contribution in [2.45, 2.75) is 25.9 Å². The van der Waals surface area contributed by atoms with Crippen LogP contribution in [0.3, 0.4) is 0 Å². The SMILES string of the molecule is Cc1cc(Br)cc2c1COCC2(C)C#N. The Labute approximate surface area is 98.0 Å². The molecular weight excluding hydrogens is 254 g/mol. The minimum absolute atomic E-state index is 0.479. The molecule has 0 amide bonds. The Morgan fingerprint density at radius 1 is 1.53 bits per heavy atom. The van der Waals surface area contributed by atoms with E-state index in [2.05, 4.69) is 35.0 Å². The third-order valence-electron chi connectivity index (χ3n) is 2.92. The molecule has 0 bridgehead atoms. The molecule has 0 fully saturated rings. The van der Waals surface area contributed by atoms with Gasteiger partial charge >= 0.3 is 0 Å². The fraction of sp³-hybridized carbons (Fsp3) is 0.417. The summed E-state index contributed by atoms with van der Waals surface area (Å²) in [7, 11) is 0. The number of hydrogen-bond donors (Lipinski definition) is 0. The first-order valence-electron chi connectivity index (χ1n) is 4.85. The summed E-state index contributed by atoms with van der Waals surface area (Å²) in [5.74, 6) is 0. The zero-order valence-electron chi connectivity index (χ0n) is 8.80. The Morgan fingerprint density at radius 3 is 2.93 bits per heavy atom. The second-order valence-electron chi connectivity index (χ2n) is 4.19. The van der Waals surface area contributed by atoms with Crippen molar-refractivity contribution in [3.05, 3.63) is 33.3 Å². The average Bonchev–Trinajstić information content (AvgIpc) is 2.20. The Balaban J connectivity index is 2.67. The number of fused-ring (bicyclic) bond motifs is 1. The molecule has 0 saturated carbocycles. The molecule has 1 atom stereocenters. The third kappa shape index (κ3) is 1.68. The summed E-state index contributed by atoms with van der Waals surface area (Å²) >= 11 is 3.47. The van der Waals surface area contributed by atoms with Gasteiger partial charge in [-0.05, 0) is 42.7 Å². The van der Waals surface area contributed by atoms with Crippen molar-refractivity contribution in [1.82, 2.24) is 0 Å². The monoisotopic (exact) mass is 265 g/mol. The van der Waals surface area contributed by atoms with Gasteiger partial charge in [0.25, 0.3) is 0 Å². The molecule has 1 aliphatic rings. The minimum Gasteiger partial charge on any atom is -0.375 e. The number of rotatable bonds is 0. The Kier molecular flexibility index (Phi) is 2.57. The van der Waals surface area contributed by atoms with Crippen LogP contribution in [0, 0.1) is 18.3 Å². The number of nitrogens with zero attached hydrogens (tertiary/aromatic N) is 1.